The number of urea groups is 1. The second-order valence-corrected chi connectivity index (χ2v) is 6.05. The van der Waals surface area contributed by atoms with E-state index in [9.17, 15) is 4.79 Å². The van der Waals surface area contributed by atoms with Crippen LogP contribution in [0, 0.1) is 5.41 Å². The van der Waals surface area contributed by atoms with Crippen LogP contribution in [0.3, 0.4) is 0 Å². The van der Waals surface area contributed by atoms with Crippen LogP contribution in [-0.2, 0) is 0 Å². The predicted octanol–water partition coefficient (Wildman–Crippen LogP) is 1.43. The van der Waals surface area contributed by atoms with Gasteiger partial charge in [0.15, 0.2) is 0 Å². The van der Waals surface area contributed by atoms with Gasteiger partial charge in [0.1, 0.15) is 5.84 Å². The summed E-state index contributed by atoms with van der Waals surface area (Å²) in [6.45, 7) is 7.43. The van der Waals surface area contributed by atoms with Crippen molar-refractivity contribution >= 4 is 17.6 Å². The summed E-state index contributed by atoms with van der Waals surface area (Å²) < 4.78 is 0. The lowest BCUT2D eigenvalue weighted by Crippen LogP contribution is -2.44. The topological polar surface area (TPSA) is 85.5 Å². The lowest BCUT2D eigenvalue weighted by atomic mass is 10.1. The first-order valence-corrected chi connectivity index (χ1v) is 8.00. The summed E-state index contributed by atoms with van der Waals surface area (Å²) in [4.78, 5) is 16.5. The zero-order valence-electron chi connectivity index (χ0n) is 13.2. The van der Waals surface area contributed by atoms with Gasteiger partial charge in [-0.1, -0.05) is 24.8 Å². The molecule has 0 radical (unpaired) electrons. The number of amides is 2. The molecule has 4 N–H and O–H groups in total. The Labute approximate surface area is 136 Å². The fraction of sp³-hybridized carbons (Fsp3) is 0.412. The van der Waals surface area contributed by atoms with Gasteiger partial charge in [0.05, 0.1) is 0 Å². The molecule has 0 bridgehead atoms. The first kappa shape index (κ1) is 15.6. The number of carbonyl (C=O) groups excluding carboxylic acids is 1. The molecule has 2 fully saturated rings. The van der Waals surface area contributed by atoms with Crippen LogP contribution in [-0.4, -0.2) is 53.9 Å². The number of hydrogen-bond acceptors (Lipinski definition) is 3. The first-order chi connectivity index (χ1) is 11.1. The number of piperidine rings is 1. The number of carbonyl (C=O) groups is 1. The molecule has 2 aliphatic rings. The largest absolute Gasteiger partial charge is 0.384 e. The van der Waals surface area contributed by atoms with Crippen LogP contribution in [0.1, 0.15) is 24.0 Å². The maximum atomic E-state index is 12.7. The monoisotopic (exact) mass is 313 g/mol. The summed E-state index contributed by atoms with van der Waals surface area (Å²) in [7, 11) is 0. The van der Waals surface area contributed by atoms with Crippen molar-refractivity contribution < 1.29 is 4.79 Å². The molecule has 0 unspecified atom stereocenters. The molecule has 0 saturated carbocycles. The number of amidine groups is 1. The predicted molar refractivity (Wildman–Crippen MR) is 91.2 cm³/mol. The van der Waals surface area contributed by atoms with Crippen LogP contribution >= 0.6 is 0 Å². The van der Waals surface area contributed by atoms with Crippen LogP contribution in [0.15, 0.2) is 30.8 Å². The molecule has 2 saturated heterocycles. The normalized spacial score (nSPS) is 19.2. The Morgan fingerprint density at radius 1 is 1.26 bits per heavy atom. The molecule has 1 aromatic rings. The number of nitrogens with two attached hydrogens (primary N) is 1. The van der Waals surface area contributed by atoms with Gasteiger partial charge in [0, 0.05) is 30.4 Å². The fourth-order valence-electron chi connectivity index (χ4n) is 3.28. The summed E-state index contributed by atoms with van der Waals surface area (Å²) >= 11 is 0. The van der Waals surface area contributed by atoms with Crippen molar-refractivity contribution in [2.75, 3.05) is 26.2 Å². The Morgan fingerprint density at radius 2 is 1.96 bits per heavy atom. The lowest BCUT2D eigenvalue weighted by molar-refractivity contribution is 0.174. The van der Waals surface area contributed by atoms with Gasteiger partial charge in [0.25, 0.3) is 0 Å². The number of nitrogens with zero attached hydrogens (tertiary/aromatic N) is 2. The van der Waals surface area contributed by atoms with E-state index in [2.05, 4.69) is 11.9 Å². The van der Waals surface area contributed by atoms with Crippen molar-refractivity contribution in [2.45, 2.75) is 18.9 Å². The third kappa shape index (κ3) is 3.07. The van der Waals surface area contributed by atoms with E-state index in [0.717, 1.165) is 38.0 Å². The molecule has 2 amide bonds. The van der Waals surface area contributed by atoms with Crippen molar-refractivity contribution in [3.05, 3.63) is 42.0 Å². The third-order valence-corrected chi connectivity index (χ3v) is 4.62. The molecule has 1 aromatic carbocycles. The van der Waals surface area contributed by atoms with Crippen LogP contribution < -0.4 is 11.1 Å². The molecule has 2 heterocycles. The third-order valence-electron chi connectivity index (χ3n) is 4.62. The van der Waals surface area contributed by atoms with Gasteiger partial charge < -0.3 is 16.0 Å². The Bertz CT molecular complexity index is 636. The van der Waals surface area contributed by atoms with Gasteiger partial charge in [-0.25, -0.2) is 4.79 Å². The maximum absolute atomic E-state index is 12.7. The molecule has 23 heavy (non-hydrogen) atoms. The first-order valence-electron chi connectivity index (χ1n) is 8.00. The Balaban J connectivity index is 1.74. The number of rotatable bonds is 4. The van der Waals surface area contributed by atoms with E-state index in [1.165, 1.54) is 0 Å². The minimum atomic E-state index is 0.0173. The van der Waals surface area contributed by atoms with E-state index < -0.39 is 0 Å². The molecule has 2 aliphatic heterocycles. The van der Waals surface area contributed by atoms with Gasteiger partial charge >= 0.3 is 6.03 Å². The summed E-state index contributed by atoms with van der Waals surface area (Å²) in [6.07, 6.45) is 2.01. The summed E-state index contributed by atoms with van der Waals surface area (Å²) in [6, 6.07) is 7.69. The molecule has 0 spiro atoms. The Kier molecular flexibility index (Phi) is 4.34. The molecule has 0 aromatic heterocycles. The highest BCUT2D eigenvalue weighted by Crippen LogP contribution is 2.26. The molecular weight excluding hydrogens is 290 g/mol. The van der Waals surface area contributed by atoms with Crippen molar-refractivity contribution in [3.63, 3.8) is 0 Å². The van der Waals surface area contributed by atoms with Crippen LogP contribution in [0.4, 0.5) is 4.79 Å². The number of benzene rings is 1. The molecule has 0 aliphatic carbocycles. The quantitative estimate of drug-likeness (QED) is 0.580. The SMILES string of the molecule is C=C(c1cccc(C(=N)N)c1)N1CCN(C2CCNCC2)C1=O. The number of nitrogens with one attached hydrogen (secondary N) is 2. The van der Waals surface area contributed by atoms with E-state index >= 15 is 0 Å². The van der Waals surface area contributed by atoms with E-state index in [4.69, 9.17) is 11.1 Å². The van der Waals surface area contributed by atoms with Crippen LogP contribution in [0.2, 0.25) is 0 Å². The van der Waals surface area contributed by atoms with Crippen molar-refractivity contribution in [1.82, 2.24) is 15.1 Å². The zero-order valence-corrected chi connectivity index (χ0v) is 13.2. The summed E-state index contributed by atoms with van der Waals surface area (Å²) in [5, 5.41) is 10.9. The van der Waals surface area contributed by atoms with E-state index in [1.54, 1.807) is 11.0 Å². The summed E-state index contributed by atoms with van der Waals surface area (Å²) in [5.41, 5.74) is 7.69. The minimum absolute atomic E-state index is 0.0173. The number of hydrogen-bond donors (Lipinski definition) is 3. The molecule has 3 rings (SSSR count). The number of nitrogen functional groups attached to an aromatic ring is 1. The second kappa shape index (κ2) is 6.42. The van der Waals surface area contributed by atoms with Crippen molar-refractivity contribution in [2.24, 2.45) is 5.73 Å². The van der Waals surface area contributed by atoms with Gasteiger partial charge in [-0.2, -0.15) is 0 Å². The zero-order chi connectivity index (χ0) is 16.4. The molecule has 122 valence electrons. The smallest absolute Gasteiger partial charge is 0.324 e. The van der Waals surface area contributed by atoms with E-state index in [1.807, 2.05) is 23.1 Å². The van der Waals surface area contributed by atoms with Crippen LogP contribution in [0.25, 0.3) is 5.70 Å². The average molecular weight is 313 g/mol. The maximum Gasteiger partial charge on any atom is 0.324 e. The van der Waals surface area contributed by atoms with Gasteiger partial charge in [-0.3, -0.25) is 10.3 Å². The van der Waals surface area contributed by atoms with Gasteiger partial charge in [-0.15, -0.1) is 0 Å². The van der Waals surface area contributed by atoms with Crippen LogP contribution in [0.5, 0.6) is 0 Å². The van der Waals surface area contributed by atoms with Gasteiger partial charge in [-0.05, 0) is 37.6 Å². The van der Waals surface area contributed by atoms with E-state index in [-0.39, 0.29) is 11.9 Å². The average Bonchev–Trinajstić information content (AvgIpc) is 2.96. The van der Waals surface area contributed by atoms with E-state index in [0.29, 0.717) is 23.8 Å². The highest BCUT2D eigenvalue weighted by Gasteiger charge is 2.35. The highest BCUT2D eigenvalue weighted by molar-refractivity contribution is 5.96. The second-order valence-electron chi connectivity index (χ2n) is 6.05. The Hall–Kier alpha value is -2.34. The molecule has 0 atom stereocenters. The van der Waals surface area contributed by atoms with Crippen molar-refractivity contribution in [1.29, 1.82) is 5.41 Å². The molecule has 6 nitrogen and oxygen atoms in total. The molecule has 6 heteroatoms. The fourth-order valence-corrected chi connectivity index (χ4v) is 3.28. The highest BCUT2D eigenvalue weighted by atomic mass is 16.2. The van der Waals surface area contributed by atoms with Crippen molar-refractivity contribution in [3.8, 4) is 0 Å². The summed E-state index contributed by atoms with van der Waals surface area (Å²) in [5.74, 6) is 0.0173. The van der Waals surface area contributed by atoms with Gasteiger partial charge in [0.2, 0.25) is 0 Å². The Morgan fingerprint density at radius 3 is 2.65 bits per heavy atom. The lowest BCUT2D eigenvalue weighted by Gasteiger charge is -2.31. The standard InChI is InChI=1S/C17H23N5O/c1-12(13-3-2-4-14(11-13)16(18)19)21-9-10-22(17(21)23)15-5-7-20-8-6-15/h2-4,11,15,20H,1,5-10H2,(H3,18,19). The molecular formula is C17H23N5O. The minimum Gasteiger partial charge on any atom is -0.384 e.